The van der Waals surface area contributed by atoms with Gasteiger partial charge in [-0.25, -0.2) is 0 Å². The van der Waals surface area contributed by atoms with Gasteiger partial charge in [-0.1, -0.05) is 48.5 Å². The van der Waals surface area contributed by atoms with Crippen molar-refractivity contribution in [2.75, 3.05) is 26.8 Å². The van der Waals surface area contributed by atoms with Crippen molar-refractivity contribution in [1.82, 2.24) is 10.2 Å². The largest absolute Gasteiger partial charge is 0.486 e. The van der Waals surface area contributed by atoms with Crippen LogP contribution in [0.1, 0.15) is 15.9 Å². The van der Waals surface area contributed by atoms with Gasteiger partial charge in [-0.05, 0) is 41.0 Å². The highest BCUT2D eigenvalue weighted by Gasteiger charge is 2.15. The fourth-order valence-electron chi connectivity index (χ4n) is 3.39. The minimum atomic E-state index is -0.277. The predicted molar refractivity (Wildman–Crippen MR) is 118 cm³/mol. The quantitative estimate of drug-likeness (QED) is 0.668. The third-order valence-corrected chi connectivity index (χ3v) is 5.11. The Hall–Kier alpha value is -3.80. The van der Waals surface area contributed by atoms with E-state index < -0.39 is 0 Å². The fraction of sp³-hybridized carbons (Fsp3) is 0.200. The normalized spacial score (nSPS) is 12.2. The minimum Gasteiger partial charge on any atom is -0.486 e. The van der Waals surface area contributed by atoms with Crippen LogP contribution in [0.3, 0.4) is 0 Å². The van der Waals surface area contributed by atoms with Crippen molar-refractivity contribution in [2.24, 2.45) is 0 Å². The maximum absolute atomic E-state index is 12.5. The van der Waals surface area contributed by atoms with Gasteiger partial charge < -0.3 is 19.7 Å². The molecule has 0 aliphatic carbocycles. The van der Waals surface area contributed by atoms with Crippen molar-refractivity contribution in [2.45, 2.75) is 6.54 Å². The number of ether oxygens (including phenoxy) is 2. The van der Waals surface area contributed by atoms with Gasteiger partial charge in [-0.15, -0.1) is 0 Å². The van der Waals surface area contributed by atoms with E-state index in [4.69, 9.17) is 9.47 Å². The number of carbonyl (C=O) groups excluding carboxylic acids is 2. The molecule has 0 unspecified atom stereocenters. The molecule has 0 saturated heterocycles. The summed E-state index contributed by atoms with van der Waals surface area (Å²) in [7, 11) is 1.71. The van der Waals surface area contributed by atoms with E-state index in [1.54, 1.807) is 24.1 Å². The van der Waals surface area contributed by atoms with E-state index in [1.807, 2.05) is 60.7 Å². The first kappa shape index (κ1) is 20.5. The van der Waals surface area contributed by atoms with Crippen molar-refractivity contribution in [3.8, 4) is 22.6 Å². The number of carbonyl (C=O) groups is 2. The molecule has 1 N–H and O–H groups in total. The predicted octanol–water partition coefficient (Wildman–Crippen LogP) is 3.51. The summed E-state index contributed by atoms with van der Waals surface area (Å²) >= 11 is 0. The summed E-state index contributed by atoms with van der Waals surface area (Å²) in [6, 6.07) is 22.9. The van der Waals surface area contributed by atoms with E-state index in [1.165, 1.54) is 0 Å². The first-order chi connectivity index (χ1) is 15.1. The Morgan fingerprint density at radius 3 is 2.29 bits per heavy atom. The number of hydrogen-bond acceptors (Lipinski definition) is 4. The molecule has 0 saturated carbocycles. The van der Waals surface area contributed by atoms with Crippen molar-refractivity contribution in [1.29, 1.82) is 0 Å². The highest BCUT2D eigenvalue weighted by atomic mass is 16.6. The number of rotatable bonds is 6. The molecule has 1 aliphatic heterocycles. The van der Waals surface area contributed by atoms with Crippen LogP contribution in [-0.4, -0.2) is 43.5 Å². The lowest BCUT2D eigenvalue weighted by molar-refractivity contribution is -0.129. The molecule has 0 bridgehead atoms. The van der Waals surface area contributed by atoms with Gasteiger partial charge in [0.1, 0.15) is 13.2 Å². The first-order valence-electron chi connectivity index (χ1n) is 10.2. The fourth-order valence-corrected chi connectivity index (χ4v) is 3.39. The molecule has 1 heterocycles. The monoisotopic (exact) mass is 416 g/mol. The van der Waals surface area contributed by atoms with Crippen molar-refractivity contribution >= 4 is 11.8 Å². The molecule has 0 aromatic heterocycles. The smallest absolute Gasteiger partial charge is 0.251 e. The second-order valence-electron chi connectivity index (χ2n) is 7.35. The lowest BCUT2D eigenvalue weighted by Crippen LogP contribution is -2.37. The highest BCUT2D eigenvalue weighted by molar-refractivity contribution is 5.96. The molecule has 0 radical (unpaired) electrons. The van der Waals surface area contributed by atoms with Gasteiger partial charge in [-0.3, -0.25) is 9.59 Å². The van der Waals surface area contributed by atoms with Gasteiger partial charge in [0.05, 0.1) is 6.54 Å². The second-order valence-corrected chi connectivity index (χ2v) is 7.35. The Balaban J connectivity index is 1.30. The molecular weight excluding hydrogens is 392 g/mol. The maximum Gasteiger partial charge on any atom is 0.251 e. The van der Waals surface area contributed by atoms with Gasteiger partial charge in [0.25, 0.3) is 5.91 Å². The summed E-state index contributed by atoms with van der Waals surface area (Å²) in [5.74, 6) is 0.955. The van der Waals surface area contributed by atoms with Crippen LogP contribution >= 0.6 is 0 Å². The lowest BCUT2D eigenvalue weighted by atomic mass is 10.0. The number of nitrogens with zero attached hydrogens (tertiary/aromatic N) is 1. The van der Waals surface area contributed by atoms with Crippen molar-refractivity contribution in [3.63, 3.8) is 0 Å². The zero-order valence-corrected chi connectivity index (χ0v) is 17.3. The maximum atomic E-state index is 12.5. The number of likely N-dealkylation sites (N-methyl/N-ethyl adjacent to an activating group) is 1. The van der Waals surface area contributed by atoms with Crippen LogP contribution < -0.4 is 14.8 Å². The molecule has 3 aromatic rings. The van der Waals surface area contributed by atoms with E-state index in [-0.39, 0.29) is 18.4 Å². The summed E-state index contributed by atoms with van der Waals surface area (Å²) in [4.78, 5) is 26.5. The number of benzene rings is 3. The molecule has 3 aromatic carbocycles. The number of amides is 2. The Labute approximate surface area is 181 Å². The highest BCUT2D eigenvalue weighted by Crippen LogP contribution is 2.31. The van der Waals surface area contributed by atoms with Gasteiger partial charge >= 0.3 is 0 Å². The van der Waals surface area contributed by atoms with Crippen LogP contribution in [0.4, 0.5) is 0 Å². The Bertz CT molecular complexity index is 1060. The zero-order chi connectivity index (χ0) is 21.6. The molecule has 6 heteroatoms. The first-order valence-corrected chi connectivity index (χ1v) is 10.2. The molecular formula is C25H24N2O4. The van der Waals surface area contributed by atoms with Gasteiger partial charge in [0.15, 0.2) is 11.5 Å². The average molecular weight is 416 g/mol. The summed E-state index contributed by atoms with van der Waals surface area (Å²) in [5, 5.41) is 2.70. The van der Waals surface area contributed by atoms with E-state index >= 15 is 0 Å². The van der Waals surface area contributed by atoms with Crippen LogP contribution in [0.2, 0.25) is 0 Å². The summed E-state index contributed by atoms with van der Waals surface area (Å²) in [6.07, 6.45) is 0. The molecule has 6 nitrogen and oxygen atoms in total. The van der Waals surface area contributed by atoms with Gasteiger partial charge in [-0.2, -0.15) is 0 Å². The molecule has 4 rings (SSSR count). The molecule has 0 spiro atoms. The molecule has 2 amide bonds. The minimum absolute atomic E-state index is 0.0691. The van der Waals surface area contributed by atoms with Gasteiger partial charge in [0.2, 0.25) is 5.91 Å². The topological polar surface area (TPSA) is 67.9 Å². The summed E-state index contributed by atoms with van der Waals surface area (Å²) in [6.45, 7) is 1.40. The summed E-state index contributed by atoms with van der Waals surface area (Å²) < 4.78 is 11.1. The number of nitrogens with one attached hydrogen (secondary N) is 1. The van der Waals surface area contributed by atoms with Crippen molar-refractivity contribution < 1.29 is 19.1 Å². The molecule has 0 atom stereocenters. The third-order valence-electron chi connectivity index (χ3n) is 5.11. The van der Waals surface area contributed by atoms with E-state index in [9.17, 15) is 9.59 Å². The second kappa shape index (κ2) is 9.34. The SMILES string of the molecule is CN(Cc1ccc2c(c1)OCCO2)C(=O)CNC(=O)c1ccc(-c2ccccc2)cc1. The van der Waals surface area contributed by atoms with E-state index in [2.05, 4.69) is 5.32 Å². The molecule has 1 aliphatic rings. The lowest BCUT2D eigenvalue weighted by Gasteiger charge is -2.21. The Morgan fingerprint density at radius 2 is 1.55 bits per heavy atom. The summed E-state index contributed by atoms with van der Waals surface area (Å²) in [5.41, 5.74) is 3.57. The van der Waals surface area contributed by atoms with Crippen LogP contribution in [0, 0.1) is 0 Å². The number of hydrogen-bond donors (Lipinski definition) is 1. The third kappa shape index (κ3) is 5.04. The molecule has 0 fully saturated rings. The van der Waals surface area contributed by atoms with Crippen LogP contribution in [0.25, 0.3) is 11.1 Å². The molecule has 158 valence electrons. The van der Waals surface area contributed by atoms with Crippen LogP contribution in [-0.2, 0) is 11.3 Å². The zero-order valence-electron chi connectivity index (χ0n) is 17.3. The van der Waals surface area contributed by atoms with Crippen molar-refractivity contribution in [3.05, 3.63) is 83.9 Å². The van der Waals surface area contributed by atoms with Crippen LogP contribution in [0.15, 0.2) is 72.8 Å². The van der Waals surface area contributed by atoms with Gasteiger partial charge in [0, 0.05) is 19.2 Å². The standard InChI is InChI=1S/C25H24N2O4/c1-27(17-18-7-12-22-23(15-18)31-14-13-30-22)24(28)16-26-25(29)21-10-8-20(9-11-21)19-5-3-2-4-6-19/h2-12,15H,13-14,16-17H2,1H3,(H,26,29). The van der Waals surface area contributed by atoms with E-state index in [0.29, 0.717) is 31.1 Å². The Kier molecular flexibility index (Phi) is 6.17. The number of fused-ring (bicyclic) bond motifs is 1. The van der Waals surface area contributed by atoms with Crippen LogP contribution in [0.5, 0.6) is 11.5 Å². The molecule has 31 heavy (non-hydrogen) atoms. The Morgan fingerprint density at radius 1 is 0.871 bits per heavy atom. The van der Waals surface area contributed by atoms with E-state index in [0.717, 1.165) is 22.4 Å². The average Bonchev–Trinajstić information content (AvgIpc) is 2.83.